The minimum atomic E-state index is -0.860. The minimum Gasteiger partial charge on any atom is -0.480 e. The van der Waals surface area contributed by atoms with Crippen LogP contribution in [0.15, 0.2) is 18.2 Å². The number of nitriles is 1. The Morgan fingerprint density at radius 1 is 1.59 bits per heavy atom. The van der Waals surface area contributed by atoms with Crippen molar-refractivity contribution in [2.45, 2.75) is 25.8 Å². The molecule has 4 heteroatoms. The maximum Gasteiger partial charge on any atom is 0.323 e. The third-order valence-corrected chi connectivity index (χ3v) is 2.88. The lowest BCUT2D eigenvalue weighted by Crippen LogP contribution is -2.32. The van der Waals surface area contributed by atoms with Crippen LogP contribution in [0.25, 0.3) is 0 Å². The number of nitrogens with zero attached hydrogens (tertiary/aromatic N) is 2. The van der Waals surface area contributed by atoms with Gasteiger partial charge in [-0.25, -0.2) is 0 Å². The van der Waals surface area contributed by atoms with Gasteiger partial charge in [-0.3, -0.25) is 4.79 Å². The third kappa shape index (κ3) is 2.56. The number of rotatable bonds is 4. The molecule has 0 atom stereocenters. The Balaban J connectivity index is 2.35. The molecule has 0 aromatic heterocycles. The van der Waals surface area contributed by atoms with E-state index in [-0.39, 0.29) is 12.6 Å². The molecule has 4 nitrogen and oxygen atoms in total. The summed E-state index contributed by atoms with van der Waals surface area (Å²) < 4.78 is 0. The Morgan fingerprint density at radius 2 is 2.29 bits per heavy atom. The molecule has 0 aliphatic heterocycles. The van der Waals surface area contributed by atoms with Crippen LogP contribution in [0.1, 0.15) is 24.0 Å². The third-order valence-electron chi connectivity index (χ3n) is 2.88. The van der Waals surface area contributed by atoms with E-state index in [2.05, 4.69) is 6.07 Å². The van der Waals surface area contributed by atoms with E-state index < -0.39 is 5.97 Å². The molecule has 88 valence electrons. The van der Waals surface area contributed by atoms with Crippen molar-refractivity contribution < 1.29 is 9.90 Å². The summed E-state index contributed by atoms with van der Waals surface area (Å²) in [5, 5.41) is 18.0. The van der Waals surface area contributed by atoms with Gasteiger partial charge in [-0.15, -0.1) is 0 Å². The Hall–Kier alpha value is -2.02. The number of carbonyl (C=O) groups is 1. The van der Waals surface area contributed by atoms with Gasteiger partial charge in [0.05, 0.1) is 11.3 Å². The molecular weight excluding hydrogens is 216 g/mol. The summed E-state index contributed by atoms with van der Waals surface area (Å²) in [5.74, 6) is -0.860. The summed E-state index contributed by atoms with van der Waals surface area (Å²) in [6, 6.07) is 7.97. The van der Waals surface area contributed by atoms with Crippen molar-refractivity contribution in [1.82, 2.24) is 0 Å². The second-order valence-corrected chi connectivity index (χ2v) is 4.39. The van der Waals surface area contributed by atoms with E-state index in [1.54, 1.807) is 6.07 Å². The minimum absolute atomic E-state index is 0.0393. The summed E-state index contributed by atoms with van der Waals surface area (Å²) in [4.78, 5) is 12.7. The molecule has 0 heterocycles. The fourth-order valence-electron chi connectivity index (χ4n) is 1.93. The fraction of sp³-hybridized carbons (Fsp3) is 0.385. The number of carboxylic acids is 1. The standard InChI is InChI=1S/C13H14N2O2/c1-9-2-5-12(10(6-9)7-14)15(8-13(16)17)11-3-4-11/h2,5-6,11H,3-4,8H2,1H3,(H,16,17). The second kappa shape index (κ2) is 4.46. The van der Waals surface area contributed by atoms with Gasteiger partial charge in [0.1, 0.15) is 12.6 Å². The van der Waals surface area contributed by atoms with Crippen LogP contribution in [0.5, 0.6) is 0 Å². The molecule has 2 rings (SSSR count). The van der Waals surface area contributed by atoms with Crippen molar-refractivity contribution in [2.75, 3.05) is 11.4 Å². The fourth-order valence-corrected chi connectivity index (χ4v) is 1.93. The zero-order chi connectivity index (χ0) is 12.4. The smallest absolute Gasteiger partial charge is 0.323 e. The molecule has 1 fully saturated rings. The number of aryl methyl sites for hydroxylation is 1. The molecule has 1 aromatic carbocycles. The van der Waals surface area contributed by atoms with Gasteiger partial charge in [-0.2, -0.15) is 5.26 Å². The van der Waals surface area contributed by atoms with Crippen LogP contribution >= 0.6 is 0 Å². The van der Waals surface area contributed by atoms with E-state index in [4.69, 9.17) is 10.4 Å². The lowest BCUT2D eigenvalue weighted by molar-refractivity contribution is -0.135. The van der Waals surface area contributed by atoms with Crippen LogP contribution in [-0.2, 0) is 4.79 Å². The molecule has 0 radical (unpaired) electrons. The molecule has 0 bridgehead atoms. The van der Waals surface area contributed by atoms with E-state index in [0.717, 1.165) is 24.1 Å². The normalized spacial score (nSPS) is 14.1. The Labute approximate surface area is 100 Å². The van der Waals surface area contributed by atoms with Gasteiger partial charge in [0.15, 0.2) is 0 Å². The van der Waals surface area contributed by atoms with E-state index in [9.17, 15) is 4.79 Å². The first-order valence-corrected chi connectivity index (χ1v) is 5.61. The largest absolute Gasteiger partial charge is 0.480 e. The number of benzene rings is 1. The first-order valence-electron chi connectivity index (χ1n) is 5.61. The van der Waals surface area contributed by atoms with Crippen molar-refractivity contribution in [2.24, 2.45) is 0 Å². The zero-order valence-electron chi connectivity index (χ0n) is 9.68. The molecule has 0 saturated heterocycles. The first kappa shape index (κ1) is 11.5. The summed E-state index contributed by atoms with van der Waals surface area (Å²) in [6.07, 6.45) is 2.01. The van der Waals surface area contributed by atoms with E-state index >= 15 is 0 Å². The highest BCUT2D eigenvalue weighted by Gasteiger charge is 2.31. The predicted molar refractivity (Wildman–Crippen MR) is 63.9 cm³/mol. The van der Waals surface area contributed by atoms with E-state index in [0.29, 0.717) is 5.56 Å². The van der Waals surface area contributed by atoms with Crippen LogP contribution in [0.2, 0.25) is 0 Å². The van der Waals surface area contributed by atoms with Crippen molar-refractivity contribution in [3.63, 3.8) is 0 Å². The number of hydrogen-bond donors (Lipinski definition) is 1. The SMILES string of the molecule is Cc1ccc(N(CC(=O)O)C2CC2)c(C#N)c1. The van der Waals surface area contributed by atoms with Gasteiger partial charge in [0, 0.05) is 6.04 Å². The number of hydrogen-bond acceptors (Lipinski definition) is 3. The summed E-state index contributed by atoms with van der Waals surface area (Å²) in [6.45, 7) is 1.88. The average Bonchev–Trinajstić information content (AvgIpc) is 3.09. The summed E-state index contributed by atoms with van der Waals surface area (Å²) in [7, 11) is 0. The zero-order valence-corrected chi connectivity index (χ0v) is 9.68. The highest BCUT2D eigenvalue weighted by Crippen LogP contribution is 2.33. The van der Waals surface area contributed by atoms with Crippen LogP contribution in [-0.4, -0.2) is 23.7 Å². The van der Waals surface area contributed by atoms with Gasteiger partial charge in [0.25, 0.3) is 0 Å². The summed E-state index contributed by atoms with van der Waals surface area (Å²) in [5.41, 5.74) is 2.30. The molecule has 1 N–H and O–H groups in total. The lowest BCUT2D eigenvalue weighted by atomic mass is 10.1. The molecule has 17 heavy (non-hydrogen) atoms. The van der Waals surface area contributed by atoms with Gasteiger partial charge in [-0.05, 0) is 37.5 Å². The molecule has 0 unspecified atom stereocenters. The molecule has 1 aromatic rings. The monoisotopic (exact) mass is 230 g/mol. The van der Waals surface area contributed by atoms with Crippen LogP contribution in [0.4, 0.5) is 5.69 Å². The Bertz CT molecular complexity index is 487. The van der Waals surface area contributed by atoms with Crippen molar-refractivity contribution in [3.05, 3.63) is 29.3 Å². The van der Waals surface area contributed by atoms with E-state index in [1.807, 2.05) is 24.0 Å². The second-order valence-electron chi connectivity index (χ2n) is 4.39. The summed E-state index contributed by atoms with van der Waals surface area (Å²) >= 11 is 0. The lowest BCUT2D eigenvalue weighted by Gasteiger charge is -2.23. The Morgan fingerprint density at radius 3 is 2.82 bits per heavy atom. The number of anilines is 1. The highest BCUT2D eigenvalue weighted by molar-refractivity contribution is 5.76. The molecule has 0 spiro atoms. The molecular formula is C13H14N2O2. The molecule has 1 aliphatic carbocycles. The van der Waals surface area contributed by atoms with Crippen molar-refractivity contribution >= 4 is 11.7 Å². The molecule has 1 saturated carbocycles. The topological polar surface area (TPSA) is 64.3 Å². The Kier molecular flexibility index (Phi) is 3.01. The maximum absolute atomic E-state index is 10.9. The van der Waals surface area contributed by atoms with Crippen LogP contribution in [0.3, 0.4) is 0 Å². The van der Waals surface area contributed by atoms with Crippen LogP contribution in [0, 0.1) is 18.3 Å². The number of carboxylic acid groups (broad SMARTS) is 1. The number of aliphatic carboxylic acids is 1. The predicted octanol–water partition coefficient (Wildman–Crippen LogP) is 1.92. The quantitative estimate of drug-likeness (QED) is 0.858. The van der Waals surface area contributed by atoms with Gasteiger partial charge < -0.3 is 10.0 Å². The highest BCUT2D eigenvalue weighted by atomic mass is 16.4. The van der Waals surface area contributed by atoms with E-state index in [1.165, 1.54) is 0 Å². The van der Waals surface area contributed by atoms with Gasteiger partial charge in [-0.1, -0.05) is 6.07 Å². The van der Waals surface area contributed by atoms with Crippen molar-refractivity contribution in [1.29, 1.82) is 5.26 Å². The van der Waals surface area contributed by atoms with Gasteiger partial charge in [0.2, 0.25) is 0 Å². The molecule has 0 amide bonds. The van der Waals surface area contributed by atoms with Crippen LogP contribution < -0.4 is 4.90 Å². The maximum atomic E-state index is 10.9. The first-order chi connectivity index (χ1) is 8.11. The average molecular weight is 230 g/mol. The van der Waals surface area contributed by atoms with Gasteiger partial charge >= 0.3 is 5.97 Å². The molecule has 1 aliphatic rings. The van der Waals surface area contributed by atoms with Crippen molar-refractivity contribution in [3.8, 4) is 6.07 Å².